The maximum atomic E-state index is 11.5. The highest BCUT2D eigenvalue weighted by molar-refractivity contribution is 5.69. The Labute approximate surface area is 120 Å². The van der Waals surface area contributed by atoms with Crippen LogP contribution in [0.15, 0.2) is 18.5 Å². The van der Waals surface area contributed by atoms with Crippen molar-refractivity contribution >= 4 is 17.5 Å². The molecule has 0 bridgehead atoms. The molecule has 0 fully saturated rings. The molecule has 1 aromatic heterocycles. The Bertz CT molecular complexity index is 441. The van der Waals surface area contributed by atoms with Crippen LogP contribution in [0.1, 0.15) is 20.8 Å². The molecule has 6 nitrogen and oxygen atoms in total. The van der Waals surface area contributed by atoms with E-state index in [1.54, 1.807) is 12.4 Å². The van der Waals surface area contributed by atoms with E-state index in [-0.39, 0.29) is 0 Å². The Hall–Kier alpha value is -1.98. The van der Waals surface area contributed by atoms with Crippen molar-refractivity contribution in [2.75, 3.05) is 37.4 Å². The van der Waals surface area contributed by atoms with Gasteiger partial charge in [0.1, 0.15) is 5.60 Å². The molecule has 1 rings (SSSR count). The highest BCUT2D eigenvalue weighted by atomic mass is 16.6. The molecule has 0 spiro atoms. The Kier molecular flexibility index (Phi) is 5.61. The number of carbonyl (C=O) groups is 1. The van der Waals surface area contributed by atoms with Crippen LogP contribution in [0.2, 0.25) is 0 Å². The largest absolute Gasteiger partial charge is 0.444 e. The van der Waals surface area contributed by atoms with Crippen LogP contribution in [0, 0.1) is 0 Å². The maximum Gasteiger partial charge on any atom is 0.407 e. The number of hydrogen-bond acceptors (Lipinski definition) is 5. The lowest BCUT2D eigenvalue weighted by Gasteiger charge is -2.20. The van der Waals surface area contributed by atoms with Crippen molar-refractivity contribution in [3.63, 3.8) is 0 Å². The number of nitrogens with zero attached hydrogens (tertiary/aromatic N) is 2. The summed E-state index contributed by atoms with van der Waals surface area (Å²) in [7, 11) is 3.94. The van der Waals surface area contributed by atoms with Gasteiger partial charge in [0.2, 0.25) is 0 Å². The van der Waals surface area contributed by atoms with Crippen molar-refractivity contribution in [2.45, 2.75) is 26.4 Å². The molecule has 6 heteroatoms. The molecule has 0 saturated carbocycles. The van der Waals surface area contributed by atoms with E-state index in [2.05, 4.69) is 15.6 Å². The summed E-state index contributed by atoms with van der Waals surface area (Å²) in [4.78, 5) is 17.6. The van der Waals surface area contributed by atoms with Gasteiger partial charge in [-0.2, -0.15) is 0 Å². The molecule has 112 valence electrons. The summed E-state index contributed by atoms with van der Waals surface area (Å²) in [6.45, 7) is 6.60. The van der Waals surface area contributed by atoms with Gasteiger partial charge in [-0.3, -0.25) is 4.98 Å². The van der Waals surface area contributed by atoms with E-state index in [0.29, 0.717) is 13.1 Å². The van der Waals surface area contributed by atoms with Gasteiger partial charge < -0.3 is 20.3 Å². The number of aromatic nitrogens is 1. The number of anilines is 2. The van der Waals surface area contributed by atoms with Crippen molar-refractivity contribution in [3.8, 4) is 0 Å². The third-order valence-electron chi connectivity index (χ3n) is 2.39. The number of ether oxygens (including phenoxy) is 1. The van der Waals surface area contributed by atoms with E-state index in [0.717, 1.165) is 11.4 Å². The summed E-state index contributed by atoms with van der Waals surface area (Å²) in [6, 6.07) is 1.93. The van der Waals surface area contributed by atoms with Gasteiger partial charge >= 0.3 is 6.09 Å². The molecular weight excluding hydrogens is 256 g/mol. The van der Waals surface area contributed by atoms with E-state index in [1.165, 1.54) is 0 Å². The first-order chi connectivity index (χ1) is 9.29. The predicted molar refractivity (Wildman–Crippen MR) is 81.3 cm³/mol. The average molecular weight is 280 g/mol. The van der Waals surface area contributed by atoms with Gasteiger partial charge in [-0.25, -0.2) is 4.79 Å². The molecule has 0 aliphatic rings. The first-order valence-corrected chi connectivity index (χ1v) is 6.61. The van der Waals surface area contributed by atoms with E-state index >= 15 is 0 Å². The summed E-state index contributed by atoms with van der Waals surface area (Å²) in [5.74, 6) is 0. The van der Waals surface area contributed by atoms with Crippen molar-refractivity contribution in [1.82, 2.24) is 10.3 Å². The van der Waals surface area contributed by atoms with E-state index < -0.39 is 11.7 Å². The molecule has 0 atom stereocenters. The van der Waals surface area contributed by atoms with Crippen molar-refractivity contribution in [2.24, 2.45) is 0 Å². The van der Waals surface area contributed by atoms with Crippen molar-refractivity contribution in [3.05, 3.63) is 18.5 Å². The second-order valence-electron chi connectivity index (χ2n) is 5.64. The molecule has 20 heavy (non-hydrogen) atoms. The number of alkyl carbamates (subject to hydrolysis) is 1. The molecule has 0 radical (unpaired) electrons. The fourth-order valence-corrected chi connectivity index (χ4v) is 1.59. The van der Waals surface area contributed by atoms with Gasteiger partial charge in [0.15, 0.2) is 0 Å². The molecule has 0 aliphatic carbocycles. The number of hydrogen-bond donors (Lipinski definition) is 2. The monoisotopic (exact) mass is 280 g/mol. The first kappa shape index (κ1) is 16.1. The number of carbonyl (C=O) groups excluding carboxylic acids is 1. The van der Waals surface area contributed by atoms with Gasteiger partial charge in [-0.15, -0.1) is 0 Å². The van der Waals surface area contributed by atoms with Gasteiger partial charge in [0.05, 0.1) is 17.6 Å². The SMILES string of the molecule is CN(C)c1ccncc1NCCNC(=O)OC(C)(C)C. The summed E-state index contributed by atoms with van der Waals surface area (Å²) in [6.07, 6.45) is 3.11. The Morgan fingerprint density at radius 1 is 1.35 bits per heavy atom. The van der Waals surface area contributed by atoms with Gasteiger partial charge in [0.25, 0.3) is 0 Å². The van der Waals surface area contributed by atoms with Crippen molar-refractivity contribution in [1.29, 1.82) is 0 Å². The zero-order chi connectivity index (χ0) is 15.2. The number of rotatable bonds is 5. The molecular formula is C14H24N4O2. The van der Waals surface area contributed by atoms with Crippen LogP contribution < -0.4 is 15.5 Å². The zero-order valence-corrected chi connectivity index (χ0v) is 12.9. The van der Waals surface area contributed by atoms with Crippen LogP contribution in [0.25, 0.3) is 0 Å². The van der Waals surface area contributed by atoms with E-state index in [1.807, 2.05) is 45.8 Å². The lowest BCUT2D eigenvalue weighted by atomic mass is 10.2. The third kappa shape index (κ3) is 5.77. The van der Waals surface area contributed by atoms with Gasteiger partial charge in [-0.05, 0) is 26.8 Å². The molecule has 0 aliphatic heterocycles. The minimum Gasteiger partial charge on any atom is -0.444 e. The number of amides is 1. The molecule has 2 N–H and O–H groups in total. The van der Waals surface area contributed by atoms with Gasteiger partial charge in [-0.1, -0.05) is 0 Å². The first-order valence-electron chi connectivity index (χ1n) is 6.61. The average Bonchev–Trinajstić information content (AvgIpc) is 2.33. The van der Waals surface area contributed by atoms with Gasteiger partial charge in [0, 0.05) is 33.4 Å². The normalized spacial score (nSPS) is 10.8. The topological polar surface area (TPSA) is 66.5 Å². The lowest BCUT2D eigenvalue weighted by molar-refractivity contribution is 0.0530. The molecule has 0 aromatic carbocycles. The second-order valence-corrected chi connectivity index (χ2v) is 5.64. The van der Waals surface area contributed by atoms with Crippen LogP contribution in [0.4, 0.5) is 16.2 Å². The molecule has 1 heterocycles. The number of pyridine rings is 1. The van der Waals surface area contributed by atoms with Crippen LogP contribution in [-0.4, -0.2) is 43.9 Å². The van der Waals surface area contributed by atoms with Crippen molar-refractivity contribution < 1.29 is 9.53 Å². The Morgan fingerprint density at radius 3 is 2.65 bits per heavy atom. The second kappa shape index (κ2) is 6.98. The quantitative estimate of drug-likeness (QED) is 0.808. The summed E-state index contributed by atoms with van der Waals surface area (Å²) >= 11 is 0. The Morgan fingerprint density at radius 2 is 2.05 bits per heavy atom. The molecule has 0 unspecified atom stereocenters. The minimum absolute atomic E-state index is 0.404. The summed E-state index contributed by atoms with van der Waals surface area (Å²) in [5, 5.41) is 5.94. The zero-order valence-electron chi connectivity index (χ0n) is 12.9. The minimum atomic E-state index is -0.473. The highest BCUT2D eigenvalue weighted by Gasteiger charge is 2.15. The van der Waals surface area contributed by atoms with Crippen LogP contribution in [0.5, 0.6) is 0 Å². The summed E-state index contributed by atoms with van der Waals surface area (Å²) < 4.78 is 5.15. The Balaban J connectivity index is 2.37. The predicted octanol–water partition coefficient (Wildman–Crippen LogP) is 2.08. The number of nitrogens with one attached hydrogen (secondary N) is 2. The molecule has 1 amide bonds. The molecule has 1 aromatic rings. The lowest BCUT2D eigenvalue weighted by Crippen LogP contribution is -2.35. The maximum absolute atomic E-state index is 11.5. The smallest absolute Gasteiger partial charge is 0.407 e. The van der Waals surface area contributed by atoms with Crippen LogP contribution in [0.3, 0.4) is 0 Å². The fourth-order valence-electron chi connectivity index (χ4n) is 1.59. The van der Waals surface area contributed by atoms with Crippen LogP contribution in [-0.2, 0) is 4.74 Å². The third-order valence-corrected chi connectivity index (χ3v) is 2.39. The van der Waals surface area contributed by atoms with E-state index in [4.69, 9.17) is 4.74 Å². The molecule has 0 saturated heterocycles. The fraction of sp³-hybridized carbons (Fsp3) is 0.571. The standard InChI is InChI=1S/C14H24N4O2/c1-14(2,3)20-13(19)17-9-8-16-11-10-15-7-6-12(11)18(4)5/h6-7,10,16H,8-9H2,1-5H3,(H,17,19). The summed E-state index contributed by atoms with van der Waals surface area (Å²) in [5.41, 5.74) is 1.51. The highest BCUT2D eigenvalue weighted by Crippen LogP contribution is 2.21. The van der Waals surface area contributed by atoms with Crippen LogP contribution >= 0.6 is 0 Å². The van der Waals surface area contributed by atoms with E-state index in [9.17, 15) is 4.79 Å².